The van der Waals surface area contributed by atoms with Gasteiger partial charge in [0.2, 0.25) is 17.6 Å². The van der Waals surface area contributed by atoms with E-state index in [4.69, 9.17) is 13.9 Å². The van der Waals surface area contributed by atoms with Crippen molar-refractivity contribution in [2.75, 3.05) is 26.3 Å². The Labute approximate surface area is 185 Å². The van der Waals surface area contributed by atoms with Gasteiger partial charge in [0.25, 0.3) is 0 Å². The van der Waals surface area contributed by atoms with Crippen molar-refractivity contribution in [3.63, 3.8) is 0 Å². The molecule has 9 nitrogen and oxygen atoms in total. The zero-order valence-corrected chi connectivity index (χ0v) is 17.7. The third kappa shape index (κ3) is 3.97. The number of aromatic nitrogens is 2. The van der Waals surface area contributed by atoms with Gasteiger partial charge in [-0.2, -0.15) is 4.99 Å². The normalized spacial score (nSPS) is 20.9. The van der Waals surface area contributed by atoms with Crippen LogP contribution in [0.3, 0.4) is 0 Å². The van der Waals surface area contributed by atoms with Gasteiger partial charge in [-0.1, -0.05) is 53.6 Å². The van der Waals surface area contributed by atoms with Crippen LogP contribution in [0.4, 0.5) is 6.01 Å². The summed E-state index contributed by atoms with van der Waals surface area (Å²) >= 11 is 0. The number of β-amino-alcohol motifs (C(OH)–C–C–N with tert-alkyl or cyclic N) is 1. The molecule has 3 N–H and O–H groups in total. The van der Waals surface area contributed by atoms with E-state index in [2.05, 4.69) is 31.9 Å². The second-order valence-electron chi connectivity index (χ2n) is 7.83. The first kappa shape index (κ1) is 20.6. The maximum absolute atomic E-state index is 9.54. The molecule has 5 rings (SSSR count). The van der Waals surface area contributed by atoms with E-state index in [0.717, 1.165) is 16.7 Å². The summed E-state index contributed by atoms with van der Waals surface area (Å²) in [4.78, 5) is 4.28. The first-order valence-electron chi connectivity index (χ1n) is 10.7. The van der Waals surface area contributed by atoms with Gasteiger partial charge < -0.3 is 29.6 Å². The molecule has 2 aliphatic rings. The average Bonchev–Trinajstić information content (AvgIpc) is 3.52. The van der Waals surface area contributed by atoms with E-state index in [1.54, 1.807) is 0 Å². The van der Waals surface area contributed by atoms with Crippen LogP contribution in [0, 0.1) is 0 Å². The minimum absolute atomic E-state index is 0.151. The Balaban J connectivity index is 1.40. The minimum atomic E-state index is -0.925. The zero-order chi connectivity index (χ0) is 22.0. The Hall–Kier alpha value is -3.27. The van der Waals surface area contributed by atoms with Gasteiger partial charge in [-0.15, -0.1) is 5.10 Å². The Morgan fingerprint density at radius 1 is 1.00 bits per heavy atom. The van der Waals surface area contributed by atoms with E-state index in [1.165, 1.54) is 0 Å². The number of ether oxygens (including phenoxy) is 2. The molecule has 3 aromatic rings. The van der Waals surface area contributed by atoms with Gasteiger partial charge in [-0.05, 0) is 18.6 Å². The number of aliphatic hydroxyl groups is 1. The monoisotopic (exact) mass is 435 g/mol. The van der Waals surface area contributed by atoms with Crippen LogP contribution < -0.4 is 10.6 Å². The highest BCUT2D eigenvalue weighted by molar-refractivity contribution is 5.82. The fraction of sp³-hybridized carbons (Fsp3) is 0.348. The third-order valence-electron chi connectivity index (χ3n) is 5.63. The van der Waals surface area contributed by atoms with E-state index in [0.29, 0.717) is 38.2 Å². The number of benzene rings is 2. The van der Waals surface area contributed by atoms with Crippen molar-refractivity contribution in [1.82, 2.24) is 20.8 Å². The molecule has 0 radical (unpaired) electrons. The van der Waals surface area contributed by atoms with Gasteiger partial charge in [0.1, 0.15) is 0 Å². The average molecular weight is 435 g/mol. The number of aliphatic imine (C=N–C) groups is 1. The molecular formula is C23H25N5O4. The zero-order valence-electron chi connectivity index (χ0n) is 17.7. The van der Waals surface area contributed by atoms with Gasteiger partial charge in [-0.25, -0.2) is 0 Å². The van der Waals surface area contributed by atoms with Gasteiger partial charge in [0.15, 0.2) is 0 Å². The van der Waals surface area contributed by atoms with E-state index < -0.39 is 11.9 Å². The lowest BCUT2D eigenvalue weighted by molar-refractivity contribution is -0.129. The molecule has 0 aliphatic carbocycles. The van der Waals surface area contributed by atoms with Crippen molar-refractivity contribution in [3.05, 3.63) is 77.2 Å². The Morgan fingerprint density at radius 3 is 2.47 bits per heavy atom. The Bertz CT molecular complexity index is 1080. The second kappa shape index (κ2) is 8.70. The summed E-state index contributed by atoms with van der Waals surface area (Å²) < 4.78 is 18.0. The van der Waals surface area contributed by atoms with Crippen molar-refractivity contribution in [3.8, 4) is 0 Å². The molecule has 0 amide bonds. The van der Waals surface area contributed by atoms with Gasteiger partial charge >= 0.3 is 6.01 Å². The van der Waals surface area contributed by atoms with Crippen molar-refractivity contribution in [2.45, 2.75) is 24.7 Å². The summed E-state index contributed by atoms with van der Waals surface area (Å²) in [5.41, 5.74) is 2.87. The number of nitrogens with zero attached hydrogens (tertiary/aromatic N) is 3. The molecule has 0 saturated carbocycles. The van der Waals surface area contributed by atoms with Crippen LogP contribution in [0.25, 0.3) is 0 Å². The van der Waals surface area contributed by atoms with Crippen molar-refractivity contribution in [1.29, 1.82) is 0 Å². The molecule has 0 bridgehead atoms. The van der Waals surface area contributed by atoms with Crippen molar-refractivity contribution in [2.24, 2.45) is 4.99 Å². The van der Waals surface area contributed by atoms with Crippen LogP contribution in [0.1, 0.15) is 35.4 Å². The summed E-state index contributed by atoms with van der Waals surface area (Å²) in [6.45, 7) is 3.90. The maximum atomic E-state index is 9.54. The van der Waals surface area contributed by atoms with E-state index in [-0.39, 0.29) is 11.9 Å². The van der Waals surface area contributed by atoms with Crippen LogP contribution in [-0.4, -0.2) is 53.7 Å². The number of nitrogens with one attached hydrogen (secondary N) is 2. The SMILES string of the molecule is CC(c1cccc(C2(c3ccccc3)OCCO2)c1)c1nnc(N=C2NCC(O)CN2)o1. The van der Waals surface area contributed by atoms with Crippen LogP contribution in [-0.2, 0) is 15.3 Å². The molecule has 1 atom stereocenters. The van der Waals surface area contributed by atoms with Gasteiger partial charge in [0.05, 0.1) is 25.2 Å². The lowest BCUT2D eigenvalue weighted by atomic mass is 9.92. The van der Waals surface area contributed by atoms with Gasteiger partial charge in [-0.3, -0.25) is 0 Å². The van der Waals surface area contributed by atoms with E-state index in [1.807, 2.05) is 55.5 Å². The first-order chi connectivity index (χ1) is 15.6. The molecule has 2 aromatic carbocycles. The molecule has 32 heavy (non-hydrogen) atoms. The molecule has 166 valence electrons. The summed E-state index contributed by atoms with van der Waals surface area (Å²) in [7, 11) is 0. The third-order valence-corrected chi connectivity index (χ3v) is 5.63. The smallest absolute Gasteiger partial charge is 0.345 e. The van der Waals surface area contributed by atoms with Crippen LogP contribution >= 0.6 is 0 Å². The van der Waals surface area contributed by atoms with E-state index >= 15 is 0 Å². The highest BCUT2D eigenvalue weighted by Gasteiger charge is 2.40. The highest BCUT2D eigenvalue weighted by Crippen LogP contribution is 2.39. The van der Waals surface area contributed by atoms with E-state index in [9.17, 15) is 5.11 Å². The summed E-state index contributed by atoms with van der Waals surface area (Å²) in [6.07, 6.45) is -0.452. The number of guanidine groups is 1. The molecule has 3 heterocycles. The first-order valence-corrected chi connectivity index (χ1v) is 10.7. The number of hydrogen-bond donors (Lipinski definition) is 3. The van der Waals surface area contributed by atoms with Crippen LogP contribution in [0.2, 0.25) is 0 Å². The standard InChI is InChI=1S/C23H25N5O4/c1-15(20-27-28-22(32-20)26-21-24-13-19(29)14-25-21)16-6-5-9-18(12-16)23(30-10-11-31-23)17-7-3-2-4-8-17/h2-9,12,15,19,29H,10-11,13-14H2,1H3,(H2,24,25,26,28). The number of aliphatic hydroxyl groups excluding tert-OH is 1. The Morgan fingerprint density at radius 2 is 1.72 bits per heavy atom. The second-order valence-corrected chi connectivity index (χ2v) is 7.83. The molecule has 1 unspecified atom stereocenters. The predicted molar refractivity (Wildman–Crippen MR) is 116 cm³/mol. The van der Waals surface area contributed by atoms with Crippen molar-refractivity contribution < 1.29 is 19.0 Å². The molecule has 9 heteroatoms. The molecular weight excluding hydrogens is 410 g/mol. The fourth-order valence-corrected chi connectivity index (χ4v) is 3.91. The molecule has 1 aromatic heterocycles. The summed E-state index contributed by atoms with van der Waals surface area (Å²) in [5, 5.41) is 23.7. The van der Waals surface area contributed by atoms with Crippen LogP contribution in [0.5, 0.6) is 0 Å². The topological polar surface area (TPSA) is 114 Å². The molecule has 0 spiro atoms. The fourth-order valence-electron chi connectivity index (χ4n) is 3.91. The lowest BCUT2D eigenvalue weighted by Gasteiger charge is -2.29. The highest BCUT2D eigenvalue weighted by atomic mass is 16.7. The molecule has 2 saturated heterocycles. The lowest BCUT2D eigenvalue weighted by Crippen LogP contribution is -2.51. The largest absolute Gasteiger partial charge is 0.406 e. The molecule has 2 aliphatic heterocycles. The number of hydrogen-bond acceptors (Lipinski definition) is 7. The minimum Gasteiger partial charge on any atom is -0.406 e. The maximum Gasteiger partial charge on any atom is 0.345 e. The van der Waals surface area contributed by atoms with Crippen molar-refractivity contribution >= 4 is 12.0 Å². The Kier molecular flexibility index (Phi) is 5.60. The number of rotatable bonds is 5. The predicted octanol–water partition coefficient (Wildman–Crippen LogP) is 2.01. The van der Waals surface area contributed by atoms with Gasteiger partial charge in [0, 0.05) is 24.2 Å². The van der Waals surface area contributed by atoms with Crippen LogP contribution in [0.15, 0.2) is 64.0 Å². The quantitative estimate of drug-likeness (QED) is 0.558. The summed E-state index contributed by atoms with van der Waals surface area (Å²) in [5.74, 6) is -0.120. The molecule has 2 fully saturated rings. The summed E-state index contributed by atoms with van der Waals surface area (Å²) in [6, 6.07) is 18.2.